The highest BCUT2D eigenvalue weighted by atomic mass is 127. The Bertz CT molecular complexity index is 433. The Labute approximate surface area is 156 Å². The van der Waals surface area contributed by atoms with Crippen LogP contribution >= 0.6 is 45.2 Å². The van der Waals surface area contributed by atoms with Gasteiger partial charge in [0.2, 0.25) is 0 Å². The summed E-state index contributed by atoms with van der Waals surface area (Å²) in [4.78, 5) is 1.47. The Morgan fingerprint density at radius 2 is 1.67 bits per heavy atom. The van der Waals surface area contributed by atoms with E-state index in [4.69, 9.17) is 4.74 Å². The molecule has 3 nitrogen and oxygen atoms in total. The van der Waals surface area contributed by atoms with Crippen molar-refractivity contribution in [2.45, 2.75) is 12.8 Å². The molecule has 1 N–H and O–H groups in total. The van der Waals surface area contributed by atoms with Crippen molar-refractivity contribution in [1.29, 1.82) is 0 Å². The Morgan fingerprint density at radius 1 is 1.10 bits per heavy atom. The van der Waals surface area contributed by atoms with E-state index in [1.807, 2.05) is 0 Å². The van der Waals surface area contributed by atoms with Crippen molar-refractivity contribution in [2.75, 3.05) is 54.9 Å². The maximum absolute atomic E-state index is 5.99. The summed E-state index contributed by atoms with van der Waals surface area (Å²) in [7, 11) is 11.1. The number of ether oxygens (including phenoxy) is 1. The number of nitrogens with one attached hydrogen (secondary N) is 1. The van der Waals surface area contributed by atoms with Crippen LogP contribution in [0.1, 0.15) is 12.0 Å². The van der Waals surface area contributed by atoms with E-state index in [1.165, 1.54) is 17.6 Å². The van der Waals surface area contributed by atoms with Gasteiger partial charge in [0.05, 0.1) is 62.1 Å². The van der Waals surface area contributed by atoms with E-state index in [2.05, 4.69) is 92.6 Å². The monoisotopic (exact) mass is 518 g/mol. The summed E-state index contributed by atoms with van der Waals surface area (Å²) < 4.78 is 9.44. The van der Waals surface area contributed by atoms with Crippen molar-refractivity contribution in [3.8, 4) is 5.75 Å². The third-order valence-electron chi connectivity index (χ3n) is 3.20. The predicted molar refractivity (Wildman–Crippen MR) is 106 cm³/mol. The molecule has 1 aromatic carbocycles. The summed E-state index contributed by atoms with van der Waals surface area (Å²) in [6, 6.07) is 4.54. The van der Waals surface area contributed by atoms with Crippen LogP contribution in [-0.2, 0) is 6.42 Å². The van der Waals surface area contributed by atoms with E-state index >= 15 is 0 Å². The number of quaternary nitrogens is 2. The van der Waals surface area contributed by atoms with Gasteiger partial charge in [0.15, 0.2) is 0 Å². The van der Waals surface area contributed by atoms with Crippen molar-refractivity contribution in [3.63, 3.8) is 0 Å². The molecule has 0 radical (unpaired) electrons. The van der Waals surface area contributed by atoms with Crippen LogP contribution in [0.2, 0.25) is 0 Å². The van der Waals surface area contributed by atoms with Gasteiger partial charge in [0, 0.05) is 12.8 Å². The number of benzene rings is 1. The molecule has 1 rings (SSSR count). The number of hydrogen-bond donors (Lipinski definition) is 1. The Balaban J connectivity index is 2.63. The lowest BCUT2D eigenvalue weighted by molar-refractivity contribution is -0.870. The molecule has 0 amide bonds. The number of rotatable bonds is 8. The van der Waals surface area contributed by atoms with E-state index in [0.29, 0.717) is 0 Å². The highest BCUT2D eigenvalue weighted by molar-refractivity contribution is 14.1. The van der Waals surface area contributed by atoms with Gasteiger partial charge >= 0.3 is 0 Å². The van der Waals surface area contributed by atoms with E-state index in [-0.39, 0.29) is 0 Å². The van der Waals surface area contributed by atoms with Crippen LogP contribution in [0.25, 0.3) is 0 Å². The molecule has 0 saturated heterocycles. The van der Waals surface area contributed by atoms with E-state index < -0.39 is 0 Å². The van der Waals surface area contributed by atoms with Gasteiger partial charge in [-0.2, -0.15) is 0 Å². The molecule has 21 heavy (non-hydrogen) atoms. The zero-order valence-corrected chi connectivity index (χ0v) is 18.1. The van der Waals surface area contributed by atoms with E-state index in [0.717, 1.165) is 42.8 Å². The van der Waals surface area contributed by atoms with Crippen LogP contribution in [-0.4, -0.2) is 59.4 Å². The largest absolute Gasteiger partial charge is 0.491 e. The molecular weight excluding hydrogens is 490 g/mol. The molecule has 0 unspecified atom stereocenters. The molecule has 0 saturated carbocycles. The van der Waals surface area contributed by atoms with Crippen LogP contribution in [0.5, 0.6) is 5.75 Å². The standard InChI is InChI=1S/C16H27I2N2O/c1-19(2)8-6-10-21-16-14(17)11-13(12-15(16)18)7-9-20(3,4)5/h11-12H,6-10H2,1-5H3/q+1/p+1. The van der Waals surface area contributed by atoms with Crippen molar-refractivity contribution in [2.24, 2.45) is 0 Å². The summed E-state index contributed by atoms with van der Waals surface area (Å²) in [6.07, 6.45) is 2.21. The van der Waals surface area contributed by atoms with Gasteiger partial charge in [-0.3, -0.25) is 0 Å². The zero-order chi connectivity index (χ0) is 16.0. The fraction of sp³-hybridized carbons (Fsp3) is 0.625. The summed E-state index contributed by atoms with van der Waals surface area (Å²) in [6.45, 7) is 3.10. The summed E-state index contributed by atoms with van der Waals surface area (Å²) in [5, 5.41) is 0. The van der Waals surface area contributed by atoms with E-state index in [1.54, 1.807) is 0 Å². The van der Waals surface area contributed by atoms with Gasteiger partial charge in [-0.05, 0) is 62.9 Å². The smallest absolute Gasteiger partial charge is 0.145 e. The number of nitrogens with zero attached hydrogens (tertiary/aromatic N) is 1. The SMILES string of the molecule is C[NH+](C)CCCOc1c(I)cc(CC[N+](C)(C)C)cc1I. The maximum Gasteiger partial charge on any atom is 0.145 e. The molecule has 0 aliphatic heterocycles. The molecule has 0 atom stereocenters. The average molecular weight is 518 g/mol. The predicted octanol–water partition coefficient (Wildman–Crippen LogP) is 2.06. The molecule has 1 aromatic rings. The highest BCUT2D eigenvalue weighted by Crippen LogP contribution is 2.29. The molecular formula is C16H28I2N2O+2. The third kappa shape index (κ3) is 7.99. The second-order valence-electron chi connectivity index (χ2n) is 6.81. The lowest BCUT2D eigenvalue weighted by atomic mass is 10.1. The van der Waals surface area contributed by atoms with E-state index in [9.17, 15) is 0 Å². The van der Waals surface area contributed by atoms with Gasteiger partial charge in [-0.25, -0.2) is 0 Å². The highest BCUT2D eigenvalue weighted by Gasteiger charge is 2.12. The topological polar surface area (TPSA) is 13.7 Å². The van der Waals surface area contributed by atoms with Crippen molar-refractivity contribution in [3.05, 3.63) is 24.8 Å². The maximum atomic E-state index is 5.99. The number of likely N-dealkylation sites (N-methyl/N-ethyl adjacent to an activating group) is 1. The van der Waals surface area contributed by atoms with Crippen LogP contribution in [0.4, 0.5) is 0 Å². The molecule has 0 fully saturated rings. The summed E-state index contributed by atoms with van der Waals surface area (Å²) in [5.74, 6) is 1.05. The molecule has 0 bridgehead atoms. The minimum Gasteiger partial charge on any atom is -0.491 e. The Hall–Kier alpha value is 0.400. The minimum atomic E-state index is 0.801. The van der Waals surface area contributed by atoms with Gasteiger partial charge in [-0.15, -0.1) is 0 Å². The molecule has 0 aliphatic rings. The Kier molecular flexibility index (Phi) is 8.23. The van der Waals surface area contributed by atoms with Crippen molar-refractivity contribution < 1.29 is 14.1 Å². The molecule has 0 spiro atoms. The quantitative estimate of drug-likeness (QED) is 0.316. The number of halogens is 2. The zero-order valence-electron chi connectivity index (χ0n) is 13.8. The lowest BCUT2D eigenvalue weighted by Crippen LogP contribution is -3.05. The molecule has 120 valence electrons. The van der Waals surface area contributed by atoms with Crippen molar-refractivity contribution in [1.82, 2.24) is 0 Å². The first-order chi connectivity index (χ1) is 9.69. The van der Waals surface area contributed by atoms with Crippen LogP contribution in [0, 0.1) is 7.14 Å². The molecule has 5 heteroatoms. The van der Waals surface area contributed by atoms with Crippen LogP contribution < -0.4 is 9.64 Å². The van der Waals surface area contributed by atoms with Crippen LogP contribution in [0.3, 0.4) is 0 Å². The normalized spacial score (nSPS) is 12.0. The molecule has 0 aromatic heterocycles. The van der Waals surface area contributed by atoms with Crippen LogP contribution in [0.15, 0.2) is 12.1 Å². The van der Waals surface area contributed by atoms with Crippen molar-refractivity contribution >= 4 is 45.2 Å². The minimum absolute atomic E-state index is 0.801. The second-order valence-corrected chi connectivity index (χ2v) is 9.14. The summed E-state index contributed by atoms with van der Waals surface area (Å²) in [5.41, 5.74) is 1.40. The first-order valence-corrected chi connectivity index (χ1v) is 9.55. The Morgan fingerprint density at radius 3 is 2.14 bits per heavy atom. The first-order valence-electron chi connectivity index (χ1n) is 7.39. The average Bonchev–Trinajstić information content (AvgIpc) is 2.33. The van der Waals surface area contributed by atoms with Gasteiger partial charge in [0.25, 0.3) is 0 Å². The molecule has 0 heterocycles. The summed E-state index contributed by atoms with van der Waals surface area (Å²) >= 11 is 4.79. The van der Waals surface area contributed by atoms with Gasteiger partial charge < -0.3 is 14.1 Å². The fourth-order valence-corrected chi connectivity index (χ4v) is 4.17. The first kappa shape index (κ1) is 19.4. The van der Waals surface area contributed by atoms with Gasteiger partial charge in [-0.1, -0.05) is 0 Å². The van der Waals surface area contributed by atoms with Gasteiger partial charge in [0.1, 0.15) is 5.75 Å². The molecule has 0 aliphatic carbocycles. The number of hydrogen-bond acceptors (Lipinski definition) is 1. The third-order valence-corrected chi connectivity index (χ3v) is 4.80. The second kappa shape index (κ2) is 8.88. The fourth-order valence-electron chi connectivity index (χ4n) is 1.96. The lowest BCUT2D eigenvalue weighted by Gasteiger charge is -2.24.